The van der Waals surface area contributed by atoms with Crippen molar-refractivity contribution in [2.24, 2.45) is 10.9 Å². The lowest BCUT2D eigenvalue weighted by molar-refractivity contribution is 0.314. The maximum absolute atomic E-state index is 14.3. The van der Waals surface area contributed by atoms with Crippen molar-refractivity contribution < 1.29 is 8.78 Å². The predicted molar refractivity (Wildman–Crippen MR) is 120 cm³/mol. The topological polar surface area (TPSA) is 12.4 Å². The molecule has 0 aromatic heterocycles. The van der Waals surface area contributed by atoms with E-state index in [1.54, 1.807) is 24.3 Å². The maximum atomic E-state index is 14.3. The van der Waals surface area contributed by atoms with E-state index in [0.29, 0.717) is 5.56 Å². The van der Waals surface area contributed by atoms with Gasteiger partial charge in [0.2, 0.25) is 0 Å². The highest BCUT2D eigenvalue weighted by molar-refractivity contribution is 7.78. The second kappa shape index (κ2) is 9.13. The summed E-state index contributed by atoms with van der Waals surface area (Å²) in [4.78, 5) is 3.53. The van der Waals surface area contributed by atoms with Crippen LogP contribution >= 0.6 is 12.2 Å². The molecule has 1 aliphatic rings. The number of hydrogen-bond donors (Lipinski definition) is 0. The second-order valence-electron chi connectivity index (χ2n) is 7.51. The lowest BCUT2D eigenvalue weighted by Crippen LogP contribution is -2.13. The Bertz CT molecular complexity index is 1160. The van der Waals surface area contributed by atoms with Crippen molar-refractivity contribution in [3.8, 4) is 23.0 Å². The third-order valence-electron chi connectivity index (χ3n) is 5.45. The van der Waals surface area contributed by atoms with Crippen molar-refractivity contribution in [1.82, 2.24) is 0 Å². The Balaban J connectivity index is 1.48. The molecule has 1 saturated carbocycles. The zero-order valence-corrected chi connectivity index (χ0v) is 17.1. The standard InChI is InChI=1S/C26H19F2NS/c27-24-16-26(29-17-30)25(28)15-23(24)22-12-10-19(11-13-22)5-4-18-6-8-21(9-7-18)14-20-2-1-3-20/h6-13,15-16,20H,1-3,14H2. The Labute approximate surface area is 180 Å². The van der Waals surface area contributed by atoms with Gasteiger partial charge in [0.05, 0.1) is 5.16 Å². The van der Waals surface area contributed by atoms with Gasteiger partial charge < -0.3 is 0 Å². The monoisotopic (exact) mass is 415 g/mol. The molecular formula is C26H19F2NS. The van der Waals surface area contributed by atoms with Gasteiger partial charge in [0, 0.05) is 22.8 Å². The van der Waals surface area contributed by atoms with Crippen LogP contribution < -0.4 is 0 Å². The highest BCUT2D eigenvalue weighted by atomic mass is 32.1. The van der Waals surface area contributed by atoms with Gasteiger partial charge in [-0.15, -0.1) is 0 Å². The van der Waals surface area contributed by atoms with E-state index in [9.17, 15) is 8.78 Å². The molecule has 3 aromatic rings. The van der Waals surface area contributed by atoms with E-state index in [-0.39, 0.29) is 11.3 Å². The number of isothiocyanates is 1. The van der Waals surface area contributed by atoms with Crippen molar-refractivity contribution in [1.29, 1.82) is 0 Å². The van der Waals surface area contributed by atoms with Crippen LogP contribution in [-0.4, -0.2) is 5.16 Å². The Morgan fingerprint density at radius 3 is 2.07 bits per heavy atom. The van der Waals surface area contributed by atoms with Gasteiger partial charge in [0.25, 0.3) is 0 Å². The maximum Gasteiger partial charge on any atom is 0.150 e. The molecule has 1 fully saturated rings. The summed E-state index contributed by atoms with van der Waals surface area (Å²) in [6.07, 6.45) is 5.21. The van der Waals surface area contributed by atoms with Crippen molar-refractivity contribution in [2.75, 3.05) is 0 Å². The van der Waals surface area contributed by atoms with Gasteiger partial charge in [0.15, 0.2) is 0 Å². The van der Waals surface area contributed by atoms with E-state index in [0.717, 1.165) is 35.6 Å². The molecule has 1 aliphatic carbocycles. The van der Waals surface area contributed by atoms with Crippen molar-refractivity contribution in [3.05, 3.63) is 89.0 Å². The van der Waals surface area contributed by atoms with Crippen LogP contribution in [0.4, 0.5) is 14.5 Å². The van der Waals surface area contributed by atoms with Gasteiger partial charge >= 0.3 is 0 Å². The molecule has 0 amide bonds. The van der Waals surface area contributed by atoms with Gasteiger partial charge in [-0.25, -0.2) is 8.78 Å². The van der Waals surface area contributed by atoms with Gasteiger partial charge in [-0.2, -0.15) is 4.99 Å². The molecular weight excluding hydrogens is 396 g/mol. The second-order valence-corrected chi connectivity index (χ2v) is 7.69. The molecule has 0 bridgehead atoms. The normalized spacial score (nSPS) is 13.0. The largest absolute Gasteiger partial charge is 0.206 e. The van der Waals surface area contributed by atoms with E-state index in [2.05, 4.69) is 53.3 Å². The average Bonchev–Trinajstić information content (AvgIpc) is 2.73. The number of aliphatic imine (C=N–C) groups is 1. The van der Waals surface area contributed by atoms with Crippen LogP contribution in [-0.2, 0) is 6.42 Å². The third kappa shape index (κ3) is 4.71. The van der Waals surface area contributed by atoms with Crippen LogP contribution in [0.25, 0.3) is 11.1 Å². The average molecular weight is 416 g/mol. The number of thiocarbonyl (C=S) groups is 1. The lowest BCUT2D eigenvalue weighted by Gasteiger charge is -2.25. The first kappa shape index (κ1) is 20.2. The van der Waals surface area contributed by atoms with Gasteiger partial charge in [0.1, 0.15) is 17.3 Å². The number of rotatable bonds is 4. The number of hydrogen-bond acceptors (Lipinski definition) is 2. The Morgan fingerprint density at radius 2 is 1.50 bits per heavy atom. The van der Waals surface area contributed by atoms with E-state index < -0.39 is 11.6 Å². The Kier molecular flexibility index (Phi) is 6.14. The lowest BCUT2D eigenvalue weighted by atomic mass is 9.81. The molecule has 30 heavy (non-hydrogen) atoms. The molecule has 4 rings (SSSR count). The van der Waals surface area contributed by atoms with Crippen LogP contribution in [0, 0.1) is 29.4 Å². The summed E-state index contributed by atoms with van der Waals surface area (Å²) < 4.78 is 28.4. The van der Waals surface area contributed by atoms with Crippen LogP contribution in [0.2, 0.25) is 0 Å². The first-order valence-electron chi connectivity index (χ1n) is 9.91. The fourth-order valence-corrected chi connectivity index (χ4v) is 3.62. The first-order valence-corrected chi connectivity index (χ1v) is 10.3. The fraction of sp³-hybridized carbons (Fsp3) is 0.192. The minimum atomic E-state index is -0.645. The Morgan fingerprint density at radius 1 is 0.867 bits per heavy atom. The summed E-state index contributed by atoms with van der Waals surface area (Å²) in [5, 5.41) is 2.05. The smallest absolute Gasteiger partial charge is 0.150 e. The van der Waals surface area contributed by atoms with Crippen LogP contribution in [0.3, 0.4) is 0 Å². The molecule has 0 unspecified atom stereocenters. The molecule has 0 heterocycles. The fourth-order valence-electron chi connectivity index (χ4n) is 3.52. The summed E-state index contributed by atoms with van der Waals surface area (Å²) in [6.45, 7) is 0. The molecule has 0 spiro atoms. The minimum Gasteiger partial charge on any atom is -0.206 e. The zero-order chi connectivity index (χ0) is 20.9. The molecule has 0 saturated heterocycles. The predicted octanol–water partition coefficient (Wildman–Crippen LogP) is 7.11. The van der Waals surface area contributed by atoms with Gasteiger partial charge in [-0.1, -0.05) is 55.4 Å². The molecule has 3 aromatic carbocycles. The van der Waals surface area contributed by atoms with Crippen molar-refractivity contribution >= 4 is 23.1 Å². The van der Waals surface area contributed by atoms with Gasteiger partial charge in [-0.05, 0) is 66.0 Å². The van der Waals surface area contributed by atoms with E-state index in [1.807, 2.05) is 5.16 Å². The summed E-state index contributed by atoms with van der Waals surface area (Å²) >= 11 is 4.45. The highest BCUT2D eigenvalue weighted by Gasteiger charge is 2.17. The SMILES string of the molecule is Fc1cc(-c2ccc(C#Cc3ccc(CC4CCC4)cc3)cc2)c(F)cc1N=C=S. The molecule has 1 nitrogen and oxygen atoms in total. The number of nitrogens with zero attached hydrogens (tertiary/aromatic N) is 1. The third-order valence-corrected chi connectivity index (χ3v) is 5.54. The summed E-state index contributed by atoms with van der Waals surface area (Å²) in [7, 11) is 0. The first-order chi connectivity index (χ1) is 14.6. The van der Waals surface area contributed by atoms with Crippen LogP contribution in [0.1, 0.15) is 36.0 Å². The molecule has 4 heteroatoms. The highest BCUT2D eigenvalue weighted by Crippen LogP contribution is 2.30. The molecule has 0 atom stereocenters. The summed E-state index contributed by atoms with van der Waals surface area (Å²) in [5.41, 5.74) is 3.70. The van der Waals surface area contributed by atoms with Crippen LogP contribution in [0.15, 0.2) is 65.7 Å². The van der Waals surface area contributed by atoms with Gasteiger partial charge in [-0.3, -0.25) is 0 Å². The minimum absolute atomic E-state index is 0.160. The van der Waals surface area contributed by atoms with Crippen molar-refractivity contribution in [2.45, 2.75) is 25.7 Å². The Hall–Kier alpha value is -3.12. The number of benzene rings is 3. The molecule has 148 valence electrons. The quantitative estimate of drug-likeness (QED) is 0.251. The van der Waals surface area contributed by atoms with E-state index in [1.165, 1.54) is 24.8 Å². The van der Waals surface area contributed by atoms with Crippen LogP contribution in [0.5, 0.6) is 0 Å². The molecule has 0 N–H and O–H groups in total. The van der Waals surface area contributed by atoms with E-state index in [4.69, 9.17) is 0 Å². The number of halogens is 2. The van der Waals surface area contributed by atoms with E-state index >= 15 is 0 Å². The summed E-state index contributed by atoms with van der Waals surface area (Å²) in [5.74, 6) is 5.92. The molecule has 0 aliphatic heterocycles. The van der Waals surface area contributed by atoms with Crippen molar-refractivity contribution in [3.63, 3.8) is 0 Å². The molecule has 0 radical (unpaired) electrons. The summed E-state index contributed by atoms with van der Waals surface area (Å²) in [6, 6.07) is 17.6. The zero-order valence-electron chi connectivity index (χ0n) is 16.3.